The Bertz CT molecular complexity index is 353. The standard InChI is InChI=1S/C9H15N5S/c1-6-8(15-14-13-6)9(12-10)11-7-4-2-3-5-7/h7H,2-5,10H2,1H3,(H,11,12). The van der Waals surface area contributed by atoms with Crippen LogP contribution in [-0.4, -0.2) is 21.5 Å². The number of rotatable bonds is 2. The number of hydrogen-bond donors (Lipinski definition) is 2. The van der Waals surface area contributed by atoms with Crippen LogP contribution in [0.25, 0.3) is 0 Å². The maximum Gasteiger partial charge on any atom is 0.156 e. The smallest absolute Gasteiger partial charge is 0.156 e. The van der Waals surface area contributed by atoms with Gasteiger partial charge in [-0.3, -0.25) is 4.99 Å². The van der Waals surface area contributed by atoms with Crippen molar-refractivity contribution in [2.24, 2.45) is 10.8 Å². The van der Waals surface area contributed by atoms with Gasteiger partial charge in [-0.05, 0) is 31.3 Å². The summed E-state index contributed by atoms with van der Waals surface area (Å²) in [5.41, 5.74) is 3.54. The highest BCUT2D eigenvalue weighted by atomic mass is 32.1. The van der Waals surface area contributed by atoms with Crippen molar-refractivity contribution in [2.45, 2.75) is 38.6 Å². The molecule has 1 fully saturated rings. The van der Waals surface area contributed by atoms with Gasteiger partial charge >= 0.3 is 0 Å². The van der Waals surface area contributed by atoms with Crippen molar-refractivity contribution in [3.8, 4) is 0 Å². The molecule has 0 aromatic carbocycles. The normalized spacial score (nSPS) is 18.4. The number of nitrogens with two attached hydrogens (primary N) is 1. The van der Waals surface area contributed by atoms with Crippen LogP contribution in [-0.2, 0) is 0 Å². The topological polar surface area (TPSA) is 76.2 Å². The molecule has 0 atom stereocenters. The molecule has 82 valence electrons. The van der Waals surface area contributed by atoms with Crippen molar-refractivity contribution in [1.82, 2.24) is 15.0 Å². The molecule has 1 heterocycles. The third-order valence-electron chi connectivity index (χ3n) is 2.64. The van der Waals surface area contributed by atoms with Gasteiger partial charge in [0.15, 0.2) is 5.84 Å². The molecule has 0 saturated heterocycles. The molecule has 0 spiro atoms. The molecular weight excluding hydrogens is 210 g/mol. The van der Waals surface area contributed by atoms with Gasteiger partial charge in [0.1, 0.15) is 4.88 Å². The summed E-state index contributed by atoms with van der Waals surface area (Å²) in [6.45, 7) is 1.92. The Balaban J connectivity index is 2.19. The Morgan fingerprint density at radius 2 is 2.27 bits per heavy atom. The van der Waals surface area contributed by atoms with Crippen LogP contribution in [0, 0.1) is 6.92 Å². The Morgan fingerprint density at radius 3 is 2.80 bits per heavy atom. The monoisotopic (exact) mass is 225 g/mol. The first-order valence-electron chi connectivity index (χ1n) is 5.15. The van der Waals surface area contributed by atoms with E-state index in [9.17, 15) is 0 Å². The van der Waals surface area contributed by atoms with E-state index >= 15 is 0 Å². The number of aryl methyl sites for hydroxylation is 1. The molecule has 0 amide bonds. The molecule has 0 bridgehead atoms. The number of hydrazine groups is 1. The molecule has 1 aromatic heterocycles. The van der Waals surface area contributed by atoms with Crippen molar-refractivity contribution in [2.75, 3.05) is 0 Å². The van der Waals surface area contributed by atoms with Gasteiger partial charge in [-0.2, -0.15) is 0 Å². The largest absolute Gasteiger partial charge is 0.307 e. The molecule has 1 saturated carbocycles. The van der Waals surface area contributed by atoms with Crippen molar-refractivity contribution >= 4 is 17.4 Å². The average Bonchev–Trinajstić information content (AvgIpc) is 2.85. The van der Waals surface area contributed by atoms with Crippen LogP contribution in [0.4, 0.5) is 0 Å². The molecule has 0 unspecified atom stereocenters. The van der Waals surface area contributed by atoms with Crippen molar-refractivity contribution in [3.63, 3.8) is 0 Å². The minimum atomic E-state index is 0.414. The summed E-state index contributed by atoms with van der Waals surface area (Å²) in [5.74, 6) is 6.21. The van der Waals surface area contributed by atoms with Crippen LogP contribution in [0.2, 0.25) is 0 Å². The zero-order chi connectivity index (χ0) is 10.7. The highest BCUT2D eigenvalue weighted by molar-refractivity contribution is 7.08. The summed E-state index contributed by atoms with van der Waals surface area (Å²) in [5, 5.41) is 3.95. The number of aromatic nitrogens is 2. The first-order valence-corrected chi connectivity index (χ1v) is 5.92. The zero-order valence-electron chi connectivity index (χ0n) is 8.73. The molecule has 5 nitrogen and oxygen atoms in total. The zero-order valence-corrected chi connectivity index (χ0v) is 9.55. The predicted molar refractivity (Wildman–Crippen MR) is 60.8 cm³/mol. The second-order valence-corrected chi connectivity index (χ2v) is 4.50. The summed E-state index contributed by atoms with van der Waals surface area (Å²) in [7, 11) is 0. The van der Waals surface area contributed by atoms with Crippen LogP contribution in [0.1, 0.15) is 36.3 Å². The molecule has 1 aromatic rings. The first kappa shape index (κ1) is 10.5. The Morgan fingerprint density at radius 1 is 1.53 bits per heavy atom. The fraction of sp³-hybridized carbons (Fsp3) is 0.667. The predicted octanol–water partition coefficient (Wildman–Crippen LogP) is 0.999. The van der Waals surface area contributed by atoms with Crippen molar-refractivity contribution in [1.29, 1.82) is 0 Å². The Kier molecular flexibility index (Phi) is 3.27. The SMILES string of the molecule is Cc1nnsc1C(=NC1CCCC1)NN. The molecular formula is C9H15N5S. The minimum absolute atomic E-state index is 0.414. The molecule has 1 aliphatic carbocycles. The van der Waals surface area contributed by atoms with Crippen molar-refractivity contribution < 1.29 is 0 Å². The Labute approximate surface area is 92.9 Å². The molecule has 3 N–H and O–H groups in total. The lowest BCUT2D eigenvalue weighted by Crippen LogP contribution is -2.32. The molecule has 6 heteroatoms. The Hall–Kier alpha value is -1.01. The van der Waals surface area contributed by atoms with E-state index in [4.69, 9.17) is 5.84 Å². The third kappa shape index (κ3) is 2.32. The number of nitrogens with zero attached hydrogens (tertiary/aromatic N) is 3. The van der Waals surface area contributed by atoms with Crippen molar-refractivity contribution in [3.05, 3.63) is 10.6 Å². The highest BCUT2D eigenvalue weighted by Crippen LogP contribution is 2.22. The molecule has 15 heavy (non-hydrogen) atoms. The fourth-order valence-corrected chi connectivity index (χ4v) is 2.44. The second-order valence-electron chi connectivity index (χ2n) is 3.75. The maximum absolute atomic E-state index is 5.48. The van der Waals surface area contributed by atoms with E-state index in [1.54, 1.807) is 0 Å². The van der Waals surface area contributed by atoms with Gasteiger partial charge in [0, 0.05) is 0 Å². The molecule has 1 aliphatic rings. The molecule has 2 rings (SSSR count). The van der Waals surface area contributed by atoms with Gasteiger partial charge in [-0.15, -0.1) is 5.10 Å². The minimum Gasteiger partial charge on any atom is -0.307 e. The van der Waals surface area contributed by atoms with E-state index in [2.05, 4.69) is 20.0 Å². The summed E-state index contributed by atoms with van der Waals surface area (Å²) in [6.07, 6.45) is 4.87. The van der Waals surface area contributed by atoms with Gasteiger partial charge in [0.05, 0.1) is 11.7 Å². The third-order valence-corrected chi connectivity index (χ3v) is 3.47. The van der Waals surface area contributed by atoms with E-state index < -0.39 is 0 Å². The lowest BCUT2D eigenvalue weighted by molar-refractivity contribution is 0.701. The lowest BCUT2D eigenvalue weighted by atomic mass is 10.2. The summed E-state index contributed by atoms with van der Waals surface area (Å²) in [6, 6.07) is 0.414. The fourth-order valence-electron chi connectivity index (χ4n) is 1.83. The van der Waals surface area contributed by atoms with E-state index in [1.165, 1.54) is 24.4 Å². The summed E-state index contributed by atoms with van der Waals surface area (Å²) < 4.78 is 3.88. The van der Waals surface area contributed by atoms with E-state index in [0.29, 0.717) is 6.04 Å². The molecule has 0 radical (unpaired) electrons. The average molecular weight is 225 g/mol. The van der Waals surface area contributed by atoms with E-state index in [0.717, 1.165) is 29.2 Å². The molecule has 0 aliphatic heterocycles. The van der Waals surface area contributed by atoms with Gasteiger partial charge in [-0.25, -0.2) is 5.84 Å². The van der Waals surface area contributed by atoms with Crippen LogP contribution < -0.4 is 11.3 Å². The number of amidine groups is 1. The van der Waals surface area contributed by atoms with E-state index in [-0.39, 0.29) is 0 Å². The number of hydrogen-bond acceptors (Lipinski definition) is 5. The van der Waals surface area contributed by atoms with E-state index in [1.807, 2.05) is 6.92 Å². The quantitative estimate of drug-likeness (QED) is 0.341. The van der Waals surface area contributed by atoms with Crippen LogP contribution >= 0.6 is 11.5 Å². The van der Waals surface area contributed by atoms with Gasteiger partial charge < -0.3 is 5.43 Å². The number of nitrogens with one attached hydrogen (secondary N) is 1. The van der Waals surface area contributed by atoms with Gasteiger partial charge in [0.2, 0.25) is 0 Å². The summed E-state index contributed by atoms with van der Waals surface area (Å²) >= 11 is 1.33. The first-order chi connectivity index (χ1) is 7.31. The van der Waals surface area contributed by atoms with Gasteiger partial charge in [-0.1, -0.05) is 17.3 Å². The lowest BCUT2D eigenvalue weighted by Gasteiger charge is -2.07. The van der Waals surface area contributed by atoms with Gasteiger partial charge in [0.25, 0.3) is 0 Å². The van der Waals surface area contributed by atoms with Crippen LogP contribution in [0.3, 0.4) is 0 Å². The van der Waals surface area contributed by atoms with Crippen LogP contribution in [0.5, 0.6) is 0 Å². The second kappa shape index (κ2) is 4.67. The van der Waals surface area contributed by atoms with Crippen LogP contribution in [0.15, 0.2) is 4.99 Å². The summed E-state index contributed by atoms with van der Waals surface area (Å²) in [4.78, 5) is 5.56. The highest BCUT2D eigenvalue weighted by Gasteiger charge is 2.17. The maximum atomic E-state index is 5.48. The number of aliphatic imine (C=N–C) groups is 1.